The van der Waals surface area contributed by atoms with Crippen molar-refractivity contribution in [3.63, 3.8) is 0 Å². The van der Waals surface area contributed by atoms with E-state index in [0.29, 0.717) is 24.5 Å². The molecule has 0 saturated heterocycles. The Morgan fingerprint density at radius 2 is 2.05 bits per heavy atom. The Morgan fingerprint density at radius 3 is 2.91 bits per heavy atom. The molecule has 5 nitrogen and oxygen atoms in total. The van der Waals surface area contributed by atoms with Crippen LogP contribution < -0.4 is 10.1 Å². The third-order valence-electron chi connectivity index (χ3n) is 3.38. The minimum Gasteiger partial charge on any atom is -0.493 e. The van der Waals surface area contributed by atoms with E-state index in [-0.39, 0.29) is 5.91 Å². The van der Waals surface area contributed by atoms with Crippen LogP contribution in [0.3, 0.4) is 0 Å². The molecule has 0 fully saturated rings. The van der Waals surface area contributed by atoms with Crippen molar-refractivity contribution in [1.82, 2.24) is 14.9 Å². The van der Waals surface area contributed by atoms with Gasteiger partial charge in [0.25, 0.3) is 5.91 Å². The summed E-state index contributed by atoms with van der Waals surface area (Å²) < 4.78 is 7.28. The van der Waals surface area contributed by atoms with Crippen LogP contribution in [0.4, 0.5) is 0 Å². The third-order valence-corrected chi connectivity index (χ3v) is 3.38. The molecule has 0 spiro atoms. The van der Waals surface area contributed by atoms with Crippen LogP contribution in [0, 0.1) is 0 Å². The van der Waals surface area contributed by atoms with Crippen LogP contribution in [0.15, 0.2) is 54.9 Å². The molecule has 0 atom stereocenters. The summed E-state index contributed by atoms with van der Waals surface area (Å²) >= 11 is 0. The second kappa shape index (κ2) is 6.30. The Balaban J connectivity index is 1.75. The molecule has 3 aromatic rings. The van der Waals surface area contributed by atoms with Crippen LogP contribution in [-0.4, -0.2) is 22.1 Å². The van der Waals surface area contributed by atoms with Crippen molar-refractivity contribution in [2.45, 2.75) is 13.5 Å². The van der Waals surface area contributed by atoms with Gasteiger partial charge < -0.3 is 10.1 Å². The van der Waals surface area contributed by atoms with Gasteiger partial charge >= 0.3 is 0 Å². The Morgan fingerprint density at radius 1 is 1.23 bits per heavy atom. The van der Waals surface area contributed by atoms with E-state index in [4.69, 9.17) is 4.74 Å². The molecule has 3 rings (SSSR count). The average Bonchev–Trinajstić information content (AvgIpc) is 2.97. The van der Waals surface area contributed by atoms with Crippen LogP contribution in [0.2, 0.25) is 0 Å². The van der Waals surface area contributed by atoms with E-state index in [1.165, 1.54) is 0 Å². The molecule has 0 saturated carbocycles. The zero-order valence-corrected chi connectivity index (χ0v) is 12.3. The maximum Gasteiger partial charge on any atom is 0.255 e. The first-order valence-corrected chi connectivity index (χ1v) is 7.21. The minimum atomic E-state index is -0.153. The molecule has 0 aliphatic carbocycles. The van der Waals surface area contributed by atoms with E-state index in [9.17, 15) is 4.79 Å². The molecule has 2 aromatic heterocycles. The molecule has 5 heteroatoms. The predicted molar refractivity (Wildman–Crippen MR) is 84.0 cm³/mol. The van der Waals surface area contributed by atoms with Crippen molar-refractivity contribution in [2.75, 3.05) is 6.61 Å². The van der Waals surface area contributed by atoms with Crippen molar-refractivity contribution in [1.29, 1.82) is 0 Å². The smallest absolute Gasteiger partial charge is 0.255 e. The average molecular weight is 295 g/mol. The minimum absolute atomic E-state index is 0.153. The second-order valence-corrected chi connectivity index (χ2v) is 4.81. The first-order valence-electron chi connectivity index (χ1n) is 7.21. The largest absolute Gasteiger partial charge is 0.493 e. The molecule has 112 valence electrons. The third kappa shape index (κ3) is 2.79. The van der Waals surface area contributed by atoms with Crippen LogP contribution in [0.25, 0.3) is 5.52 Å². The topological polar surface area (TPSA) is 55.6 Å². The van der Waals surface area contributed by atoms with Crippen molar-refractivity contribution in [3.8, 4) is 5.75 Å². The number of aromatic nitrogens is 2. The highest BCUT2D eigenvalue weighted by Gasteiger charge is 2.12. The number of fused-ring (bicyclic) bond motifs is 1. The first kappa shape index (κ1) is 14.1. The quantitative estimate of drug-likeness (QED) is 0.787. The summed E-state index contributed by atoms with van der Waals surface area (Å²) in [6.45, 7) is 2.85. The maximum absolute atomic E-state index is 12.4. The van der Waals surface area contributed by atoms with Crippen LogP contribution >= 0.6 is 0 Å². The molecule has 1 N–H and O–H groups in total. The molecule has 0 aliphatic rings. The van der Waals surface area contributed by atoms with E-state index < -0.39 is 0 Å². The molecular formula is C17H17N3O2. The highest BCUT2D eigenvalue weighted by Crippen LogP contribution is 2.18. The number of para-hydroxylation sites is 1. The van der Waals surface area contributed by atoms with Crippen molar-refractivity contribution < 1.29 is 9.53 Å². The van der Waals surface area contributed by atoms with E-state index in [1.807, 2.05) is 43.5 Å². The normalized spacial score (nSPS) is 10.6. The van der Waals surface area contributed by atoms with Gasteiger partial charge in [0, 0.05) is 18.3 Å². The number of nitrogens with zero attached hydrogens (tertiary/aromatic N) is 2. The maximum atomic E-state index is 12.4. The summed E-state index contributed by atoms with van der Waals surface area (Å²) in [7, 11) is 0. The van der Waals surface area contributed by atoms with Crippen LogP contribution in [-0.2, 0) is 6.54 Å². The Bertz CT molecular complexity index is 795. The second-order valence-electron chi connectivity index (χ2n) is 4.81. The van der Waals surface area contributed by atoms with E-state index in [0.717, 1.165) is 11.1 Å². The van der Waals surface area contributed by atoms with Gasteiger partial charge in [-0.15, -0.1) is 0 Å². The van der Waals surface area contributed by atoms with Crippen LogP contribution in [0.1, 0.15) is 22.8 Å². The highest BCUT2D eigenvalue weighted by atomic mass is 16.5. The van der Waals surface area contributed by atoms with Crippen molar-refractivity contribution in [2.24, 2.45) is 0 Å². The SMILES string of the molecule is CCOc1ccccc1C(=O)NCc1cnn2ccccc12. The Labute approximate surface area is 128 Å². The number of pyridine rings is 1. The summed E-state index contributed by atoms with van der Waals surface area (Å²) in [5, 5.41) is 7.18. The van der Waals surface area contributed by atoms with Gasteiger partial charge in [-0.3, -0.25) is 4.79 Å². The lowest BCUT2D eigenvalue weighted by molar-refractivity contribution is 0.0947. The number of amides is 1. The molecule has 1 aromatic carbocycles. The van der Waals surface area contributed by atoms with Gasteiger partial charge in [0.15, 0.2) is 0 Å². The molecule has 0 aliphatic heterocycles. The summed E-state index contributed by atoms with van der Waals surface area (Å²) in [4.78, 5) is 12.4. The summed E-state index contributed by atoms with van der Waals surface area (Å²) in [6, 6.07) is 13.1. The summed E-state index contributed by atoms with van der Waals surface area (Å²) in [5.41, 5.74) is 2.50. The molecule has 0 bridgehead atoms. The van der Waals surface area contributed by atoms with Crippen molar-refractivity contribution >= 4 is 11.4 Å². The number of ether oxygens (including phenoxy) is 1. The number of hydrogen-bond acceptors (Lipinski definition) is 3. The highest BCUT2D eigenvalue weighted by molar-refractivity contribution is 5.96. The lowest BCUT2D eigenvalue weighted by atomic mass is 10.2. The number of benzene rings is 1. The van der Waals surface area contributed by atoms with E-state index in [2.05, 4.69) is 10.4 Å². The Hall–Kier alpha value is -2.82. The fraction of sp³-hybridized carbons (Fsp3) is 0.176. The number of nitrogens with one attached hydrogen (secondary N) is 1. The zero-order valence-electron chi connectivity index (χ0n) is 12.3. The van der Waals surface area contributed by atoms with Gasteiger partial charge in [-0.2, -0.15) is 5.10 Å². The number of hydrogen-bond donors (Lipinski definition) is 1. The van der Waals surface area contributed by atoms with Gasteiger partial charge in [-0.05, 0) is 31.2 Å². The number of rotatable bonds is 5. The fourth-order valence-corrected chi connectivity index (χ4v) is 2.33. The Kier molecular flexibility index (Phi) is 4.05. The van der Waals surface area contributed by atoms with E-state index >= 15 is 0 Å². The van der Waals surface area contributed by atoms with Gasteiger partial charge in [0.2, 0.25) is 0 Å². The van der Waals surface area contributed by atoms with Crippen molar-refractivity contribution in [3.05, 3.63) is 66.0 Å². The number of carbonyl (C=O) groups excluding carboxylic acids is 1. The molecule has 22 heavy (non-hydrogen) atoms. The molecular weight excluding hydrogens is 278 g/mol. The predicted octanol–water partition coefficient (Wildman–Crippen LogP) is 2.66. The monoisotopic (exact) mass is 295 g/mol. The molecule has 0 radical (unpaired) electrons. The first-order chi connectivity index (χ1) is 10.8. The fourth-order valence-electron chi connectivity index (χ4n) is 2.33. The lowest BCUT2D eigenvalue weighted by Crippen LogP contribution is -2.23. The summed E-state index contributed by atoms with van der Waals surface area (Å²) in [5.74, 6) is 0.446. The molecule has 2 heterocycles. The van der Waals surface area contributed by atoms with Crippen LogP contribution in [0.5, 0.6) is 5.75 Å². The summed E-state index contributed by atoms with van der Waals surface area (Å²) in [6.07, 6.45) is 3.65. The van der Waals surface area contributed by atoms with Gasteiger partial charge in [-0.25, -0.2) is 4.52 Å². The van der Waals surface area contributed by atoms with Gasteiger partial charge in [0.1, 0.15) is 5.75 Å². The zero-order chi connectivity index (χ0) is 15.4. The molecule has 0 unspecified atom stereocenters. The standard InChI is InChI=1S/C17H17N3O2/c1-2-22-16-9-4-3-7-14(16)17(21)18-11-13-12-19-20-10-6-5-8-15(13)20/h3-10,12H,2,11H2,1H3,(H,18,21). The molecule has 1 amide bonds. The van der Waals surface area contributed by atoms with Gasteiger partial charge in [-0.1, -0.05) is 18.2 Å². The van der Waals surface area contributed by atoms with Gasteiger partial charge in [0.05, 0.1) is 23.9 Å². The van der Waals surface area contributed by atoms with E-state index in [1.54, 1.807) is 22.8 Å². The number of carbonyl (C=O) groups is 1. The lowest BCUT2D eigenvalue weighted by Gasteiger charge is -2.10.